The molecule has 0 radical (unpaired) electrons. The van der Waals surface area contributed by atoms with Crippen LogP contribution in [0.3, 0.4) is 0 Å². The average Bonchev–Trinajstić information content (AvgIpc) is 2.41. The summed E-state index contributed by atoms with van der Waals surface area (Å²) in [5.74, 6) is -0.690. The van der Waals surface area contributed by atoms with Crippen LogP contribution < -0.4 is 16.0 Å². The molecule has 0 rings (SSSR count). The zero-order chi connectivity index (χ0) is 21.3. The van der Waals surface area contributed by atoms with Gasteiger partial charge in [-0.15, -0.1) is 0 Å². The van der Waals surface area contributed by atoms with Crippen molar-refractivity contribution in [3.8, 4) is 0 Å². The third kappa shape index (κ3) is 13.9. The zero-order valence-corrected chi connectivity index (χ0v) is 18.1. The van der Waals surface area contributed by atoms with Crippen LogP contribution in [0.25, 0.3) is 0 Å². The van der Waals surface area contributed by atoms with E-state index in [0.29, 0.717) is 13.0 Å². The predicted octanol–water partition coefficient (Wildman–Crippen LogP) is 2.06. The van der Waals surface area contributed by atoms with Crippen molar-refractivity contribution in [3.63, 3.8) is 0 Å². The van der Waals surface area contributed by atoms with Crippen molar-refractivity contribution in [2.75, 3.05) is 6.61 Å². The van der Waals surface area contributed by atoms with E-state index in [1.807, 2.05) is 55.4 Å². The highest BCUT2D eigenvalue weighted by atomic mass is 16.5. The summed E-state index contributed by atoms with van der Waals surface area (Å²) in [6.45, 7) is 15.4. The van der Waals surface area contributed by atoms with Gasteiger partial charge in [0.25, 0.3) is 0 Å². The number of rotatable bonds is 11. The molecule has 3 N–H and O–H groups in total. The second-order valence-corrected chi connectivity index (χ2v) is 8.63. The minimum Gasteiger partial charge on any atom is -0.375 e. The van der Waals surface area contributed by atoms with Crippen molar-refractivity contribution in [1.29, 1.82) is 0 Å². The first kappa shape index (κ1) is 25.1. The quantitative estimate of drug-likeness (QED) is 0.476. The van der Waals surface area contributed by atoms with E-state index in [1.54, 1.807) is 0 Å². The first-order valence-corrected chi connectivity index (χ1v) is 9.46. The Hall–Kier alpha value is -1.89. The average molecular weight is 384 g/mol. The van der Waals surface area contributed by atoms with E-state index in [-0.39, 0.29) is 36.2 Å². The van der Waals surface area contributed by atoms with Crippen LogP contribution in [-0.2, 0) is 19.1 Å². The first-order chi connectivity index (χ1) is 12.2. The van der Waals surface area contributed by atoms with E-state index in [4.69, 9.17) is 4.74 Å². The summed E-state index contributed by atoms with van der Waals surface area (Å²) in [5.41, 5.74) is -1.10. The SMILES string of the molecule is CC(C)NC(=O)/C=C/C(=O)NC(C)(C)CCOC(C)(C)CC(=O)NC(C)C. The van der Waals surface area contributed by atoms with E-state index in [1.165, 1.54) is 12.2 Å². The lowest BCUT2D eigenvalue weighted by Crippen LogP contribution is -2.44. The maximum absolute atomic E-state index is 12.0. The molecular weight excluding hydrogens is 346 g/mol. The van der Waals surface area contributed by atoms with Gasteiger partial charge < -0.3 is 20.7 Å². The summed E-state index contributed by atoms with van der Waals surface area (Å²) in [6, 6.07) is 0.114. The topological polar surface area (TPSA) is 96.5 Å². The molecule has 0 spiro atoms. The molecule has 0 aromatic carbocycles. The summed E-state index contributed by atoms with van der Waals surface area (Å²) in [5, 5.41) is 8.38. The van der Waals surface area contributed by atoms with E-state index in [0.717, 1.165) is 0 Å². The van der Waals surface area contributed by atoms with Crippen molar-refractivity contribution >= 4 is 17.7 Å². The van der Waals surface area contributed by atoms with Crippen LogP contribution in [0.5, 0.6) is 0 Å². The summed E-state index contributed by atoms with van der Waals surface area (Å²) in [6.07, 6.45) is 3.28. The summed E-state index contributed by atoms with van der Waals surface area (Å²) in [7, 11) is 0. The fourth-order valence-electron chi connectivity index (χ4n) is 2.31. The Morgan fingerprint density at radius 3 is 1.93 bits per heavy atom. The third-order valence-electron chi connectivity index (χ3n) is 3.53. The zero-order valence-electron chi connectivity index (χ0n) is 18.1. The molecular formula is C20H37N3O4. The minimum absolute atomic E-state index is 0.0183. The summed E-state index contributed by atoms with van der Waals surface area (Å²) >= 11 is 0. The second kappa shape index (κ2) is 11.1. The first-order valence-electron chi connectivity index (χ1n) is 9.46. The Balaban J connectivity index is 4.39. The smallest absolute Gasteiger partial charge is 0.244 e. The maximum Gasteiger partial charge on any atom is 0.244 e. The monoisotopic (exact) mass is 383 g/mol. The number of amides is 3. The fraction of sp³-hybridized carbons (Fsp3) is 0.750. The Labute approximate surface area is 163 Å². The van der Waals surface area contributed by atoms with Crippen LogP contribution in [0.2, 0.25) is 0 Å². The van der Waals surface area contributed by atoms with Gasteiger partial charge in [-0.1, -0.05) is 0 Å². The molecule has 0 aliphatic heterocycles. The van der Waals surface area contributed by atoms with Gasteiger partial charge in [-0.2, -0.15) is 0 Å². The van der Waals surface area contributed by atoms with Gasteiger partial charge in [-0.05, 0) is 61.8 Å². The molecule has 156 valence electrons. The number of carbonyl (C=O) groups is 3. The third-order valence-corrected chi connectivity index (χ3v) is 3.53. The van der Waals surface area contributed by atoms with E-state index >= 15 is 0 Å². The van der Waals surface area contributed by atoms with Gasteiger partial charge in [-0.3, -0.25) is 14.4 Å². The van der Waals surface area contributed by atoms with E-state index in [9.17, 15) is 14.4 Å². The van der Waals surface area contributed by atoms with Gasteiger partial charge in [0.1, 0.15) is 0 Å². The second-order valence-electron chi connectivity index (χ2n) is 8.63. The molecule has 7 nitrogen and oxygen atoms in total. The molecule has 7 heteroatoms. The van der Waals surface area contributed by atoms with Crippen LogP contribution in [0.15, 0.2) is 12.2 Å². The van der Waals surface area contributed by atoms with Crippen LogP contribution in [0, 0.1) is 0 Å². The van der Waals surface area contributed by atoms with Crippen molar-refractivity contribution in [3.05, 3.63) is 12.2 Å². The molecule has 0 aliphatic carbocycles. The lowest BCUT2D eigenvalue weighted by Gasteiger charge is -2.30. The molecule has 0 bridgehead atoms. The number of hydrogen-bond donors (Lipinski definition) is 3. The fourth-order valence-corrected chi connectivity index (χ4v) is 2.31. The number of ether oxygens (including phenoxy) is 1. The van der Waals surface area contributed by atoms with Gasteiger partial charge in [-0.25, -0.2) is 0 Å². The molecule has 0 atom stereocenters. The van der Waals surface area contributed by atoms with E-state index in [2.05, 4.69) is 16.0 Å². The van der Waals surface area contributed by atoms with Gasteiger partial charge in [0.05, 0.1) is 12.0 Å². The van der Waals surface area contributed by atoms with Crippen molar-refractivity contribution in [1.82, 2.24) is 16.0 Å². The Morgan fingerprint density at radius 2 is 1.41 bits per heavy atom. The Morgan fingerprint density at radius 1 is 0.889 bits per heavy atom. The molecule has 0 aromatic rings. The van der Waals surface area contributed by atoms with Crippen LogP contribution in [-0.4, -0.2) is 47.6 Å². The highest BCUT2D eigenvalue weighted by Crippen LogP contribution is 2.17. The van der Waals surface area contributed by atoms with Crippen molar-refractivity contribution in [2.45, 2.75) is 91.5 Å². The van der Waals surface area contributed by atoms with Crippen molar-refractivity contribution in [2.24, 2.45) is 0 Å². The predicted molar refractivity (Wildman–Crippen MR) is 107 cm³/mol. The Bertz CT molecular complexity index is 537. The number of carbonyl (C=O) groups excluding carboxylic acids is 3. The molecule has 0 saturated carbocycles. The van der Waals surface area contributed by atoms with Crippen LogP contribution in [0.1, 0.15) is 68.2 Å². The van der Waals surface area contributed by atoms with Crippen LogP contribution >= 0.6 is 0 Å². The van der Waals surface area contributed by atoms with Gasteiger partial charge in [0, 0.05) is 36.4 Å². The summed E-state index contributed by atoms with van der Waals surface area (Å²) in [4.78, 5) is 35.4. The highest BCUT2D eigenvalue weighted by molar-refractivity contribution is 5.97. The normalized spacial score (nSPS) is 12.5. The molecule has 0 aliphatic rings. The van der Waals surface area contributed by atoms with E-state index < -0.39 is 11.1 Å². The molecule has 0 heterocycles. The molecule has 3 amide bonds. The lowest BCUT2D eigenvalue weighted by atomic mass is 10.00. The van der Waals surface area contributed by atoms with Gasteiger partial charge >= 0.3 is 0 Å². The molecule has 0 aromatic heterocycles. The number of nitrogens with one attached hydrogen (secondary N) is 3. The summed E-state index contributed by atoms with van der Waals surface area (Å²) < 4.78 is 5.85. The highest BCUT2D eigenvalue weighted by Gasteiger charge is 2.25. The maximum atomic E-state index is 12.0. The standard InChI is InChI=1S/C20H37N3O4/c1-14(2)21-16(24)9-10-17(25)23-19(5,6)11-12-27-20(7,8)13-18(26)22-15(3)4/h9-10,14-15H,11-13H2,1-8H3,(H,21,24)(H,22,26)(H,23,25)/b10-9+. The molecule has 0 saturated heterocycles. The largest absolute Gasteiger partial charge is 0.375 e. The molecule has 27 heavy (non-hydrogen) atoms. The Kier molecular flexibility index (Phi) is 10.3. The molecule has 0 fully saturated rings. The van der Waals surface area contributed by atoms with Gasteiger partial charge in [0.2, 0.25) is 17.7 Å². The van der Waals surface area contributed by atoms with Gasteiger partial charge in [0.15, 0.2) is 0 Å². The molecule has 0 unspecified atom stereocenters. The lowest BCUT2D eigenvalue weighted by molar-refractivity contribution is -0.128. The number of hydrogen-bond acceptors (Lipinski definition) is 4. The van der Waals surface area contributed by atoms with Crippen molar-refractivity contribution < 1.29 is 19.1 Å². The van der Waals surface area contributed by atoms with Crippen LogP contribution in [0.4, 0.5) is 0 Å². The minimum atomic E-state index is -0.589.